The van der Waals surface area contributed by atoms with Crippen LogP contribution in [0.2, 0.25) is 0 Å². The third kappa shape index (κ3) is 3.56. The minimum atomic E-state index is -0.818. The fraction of sp³-hybridized carbons (Fsp3) is 0.0909. The number of nitrogens with two attached hydrogens (primary N) is 3. The normalized spacial score (nSPS) is 11.4. The monoisotopic (exact) mass is 266 g/mol. The van der Waals surface area contributed by atoms with Gasteiger partial charge in [0.25, 0.3) is 0 Å². The average molecular weight is 267 g/mol. The van der Waals surface area contributed by atoms with Gasteiger partial charge in [0.2, 0.25) is 0 Å². The number of pyridine rings is 1. The summed E-state index contributed by atoms with van der Waals surface area (Å²) in [4.78, 5) is 8.01. The molecular weight excluding hydrogens is 252 g/mol. The van der Waals surface area contributed by atoms with E-state index in [1.54, 1.807) is 6.20 Å². The lowest BCUT2D eigenvalue weighted by atomic mass is 10.2. The number of halogens is 1. The van der Waals surface area contributed by atoms with Gasteiger partial charge in [0.05, 0.1) is 5.52 Å². The van der Waals surface area contributed by atoms with Gasteiger partial charge in [-0.1, -0.05) is 12.1 Å². The van der Waals surface area contributed by atoms with Crippen molar-refractivity contribution in [2.45, 2.75) is 6.29 Å². The standard InChI is InChI=1S/C11H14N6.ClH/c12-10(13)17-11(14)16-8-4-3-7-2-1-5-15-9(7)6-8;/h1-6,10H,12-13H2,(H3,14,16,17);1H. The predicted octanol–water partition coefficient (Wildman–Crippen LogP) is 0.584. The maximum atomic E-state index is 5.61. The van der Waals surface area contributed by atoms with Crippen LogP contribution in [0.4, 0.5) is 5.69 Å². The molecule has 7 heteroatoms. The molecule has 1 aromatic heterocycles. The molecule has 0 saturated carbocycles. The Balaban J connectivity index is 0.00000162. The Morgan fingerprint density at radius 2 is 2.06 bits per heavy atom. The number of aliphatic imine (C=N–C) groups is 1. The lowest BCUT2D eigenvalue weighted by Crippen LogP contribution is -2.34. The Bertz CT molecular complexity index is 554. The predicted molar refractivity (Wildman–Crippen MR) is 76.4 cm³/mol. The summed E-state index contributed by atoms with van der Waals surface area (Å²) >= 11 is 0. The van der Waals surface area contributed by atoms with Crippen molar-refractivity contribution in [1.29, 1.82) is 0 Å². The van der Waals surface area contributed by atoms with E-state index in [-0.39, 0.29) is 18.4 Å². The highest BCUT2D eigenvalue weighted by Gasteiger charge is 1.99. The summed E-state index contributed by atoms with van der Waals surface area (Å²) in [6.45, 7) is 0. The van der Waals surface area contributed by atoms with Crippen molar-refractivity contribution in [1.82, 2.24) is 4.98 Å². The number of nitrogens with zero attached hydrogens (tertiary/aromatic N) is 2. The third-order valence-electron chi connectivity index (χ3n) is 2.17. The summed E-state index contributed by atoms with van der Waals surface area (Å²) in [5, 5.41) is 3.95. The van der Waals surface area contributed by atoms with Gasteiger partial charge in [-0.15, -0.1) is 12.4 Å². The molecule has 1 aromatic carbocycles. The minimum Gasteiger partial charge on any atom is -0.370 e. The first-order valence-corrected chi connectivity index (χ1v) is 5.11. The zero-order valence-corrected chi connectivity index (χ0v) is 10.4. The van der Waals surface area contributed by atoms with E-state index >= 15 is 0 Å². The summed E-state index contributed by atoms with van der Waals surface area (Å²) in [7, 11) is 0. The first-order valence-electron chi connectivity index (χ1n) is 5.11. The zero-order valence-electron chi connectivity index (χ0n) is 9.58. The highest BCUT2D eigenvalue weighted by atomic mass is 35.5. The topological polar surface area (TPSA) is 115 Å². The Morgan fingerprint density at radius 3 is 2.78 bits per heavy atom. The molecule has 0 bridgehead atoms. The molecule has 1 heterocycles. The van der Waals surface area contributed by atoms with Crippen LogP contribution in [0.1, 0.15) is 0 Å². The molecular formula is C11H15ClN6. The molecule has 18 heavy (non-hydrogen) atoms. The Hall–Kier alpha value is -1.89. The first-order chi connectivity index (χ1) is 8.15. The van der Waals surface area contributed by atoms with Crippen molar-refractivity contribution < 1.29 is 0 Å². The van der Waals surface area contributed by atoms with Crippen LogP contribution in [0.5, 0.6) is 0 Å². The molecule has 7 N–H and O–H groups in total. The third-order valence-corrected chi connectivity index (χ3v) is 2.17. The van der Waals surface area contributed by atoms with Crippen LogP contribution in [-0.4, -0.2) is 17.2 Å². The molecule has 2 rings (SSSR count). The van der Waals surface area contributed by atoms with Crippen LogP contribution >= 0.6 is 12.4 Å². The largest absolute Gasteiger partial charge is 0.370 e. The van der Waals surface area contributed by atoms with Crippen LogP contribution in [0.25, 0.3) is 10.9 Å². The first kappa shape index (κ1) is 14.2. The molecule has 96 valence electrons. The molecule has 0 aliphatic heterocycles. The summed E-state index contributed by atoms with van der Waals surface area (Å²) in [5.74, 6) is 0.176. The average Bonchev–Trinajstić information content (AvgIpc) is 2.27. The van der Waals surface area contributed by atoms with Crippen molar-refractivity contribution in [3.63, 3.8) is 0 Å². The number of nitrogens with one attached hydrogen (secondary N) is 1. The molecule has 0 unspecified atom stereocenters. The molecule has 0 aliphatic carbocycles. The van der Waals surface area contributed by atoms with E-state index in [0.717, 1.165) is 16.6 Å². The van der Waals surface area contributed by atoms with Crippen molar-refractivity contribution in [3.8, 4) is 0 Å². The van der Waals surface area contributed by atoms with Gasteiger partial charge in [0.15, 0.2) is 12.2 Å². The molecule has 0 radical (unpaired) electrons. The molecule has 0 aliphatic rings. The number of anilines is 1. The molecule has 0 fully saturated rings. The van der Waals surface area contributed by atoms with Crippen LogP contribution in [0, 0.1) is 0 Å². The summed E-state index contributed by atoms with van der Waals surface area (Å²) in [5.41, 5.74) is 17.9. The van der Waals surface area contributed by atoms with Crippen molar-refractivity contribution in [3.05, 3.63) is 36.5 Å². The lowest BCUT2D eigenvalue weighted by Gasteiger charge is -2.07. The van der Waals surface area contributed by atoms with E-state index < -0.39 is 6.29 Å². The molecule has 0 spiro atoms. The SMILES string of the molecule is Cl.N/C(=N\C(N)N)Nc1ccc2cccnc2c1. The van der Waals surface area contributed by atoms with Gasteiger partial charge in [-0.3, -0.25) is 16.5 Å². The fourth-order valence-electron chi connectivity index (χ4n) is 1.48. The van der Waals surface area contributed by atoms with Crippen LogP contribution < -0.4 is 22.5 Å². The summed E-state index contributed by atoms with van der Waals surface area (Å²) in [6, 6.07) is 9.58. The molecule has 0 amide bonds. The number of aromatic nitrogens is 1. The number of hydrogen-bond acceptors (Lipinski definition) is 4. The van der Waals surface area contributed by atoms with Gasteiger partial charge >= 0.3 is 0 Å². The van der Waals surface area contributed by atoms with Crippen molar-refractivity contribution >= 4 is 35.0 Å². The van der Waals surface area contributed by atoms with E-state index in [9.17, 15) is 0 Å². The number of hydrogen-bond donors (Lipinski definition) is 4. The van der Waals surface area contributed by atoms with Gasteiger partial charge < -0.3 is 11.1 Å². The second-order valence-electron chi connectivity index (χ2n) is 3.54. The van der Waals surface area contributed by atoms with E-state index in [1.165, 1.54) is 0 Å². The maximum absolute atomic E-state index is 5.61. The second-order valence-corrected chi connectivity index (χ2v) is 3.54. The number of rotatable bonds is 2. The van der Waals surface area contributed by atoms with Gasteiger partial charge in [-0.2, -0.15) is 0 Å². The molecule has 2 aromatic rings. The smallest absolute Gasteiger partial charge is 0.195 e. The van der Waals surface area contributed by atoms with Crippen molar-refractivity contribution in [2.75, 3.05) is 5.32 Å². The van der Waals surface area contributed by atoms with Crippen LogP contribution in [0.3, 0.4) is 0 Å². The van der Waals surface area contributed by atoms with Crippen LogP contribution in [0.15, 0.2) is 41.5 Å². The lowest BCUT2D eigenvalue weighted by molar-refractivity contribution is 0.750. The highest BCUT2D eigenvalue weighted by molar-refractivity contribution is 5.94. The van der Waals surface area contributed by atoms with Crippen LogP contribution in [-0.2, 0) is 0 Å². The Labute approximate surface area is 111 Å². The van der Waals surface area contributed by atoms with Gasteiger partial charge in [0.1, 0.15) is 0 Å². The van der Waals surface area contributed by atoms with E-state index in [2.05, 4.69) is 15.3 Å². The Morgan fingerprint density at radius 1 is 1.28 bits per heavy atom. The fourth-order valence-corrected chi connectivity index (χ4v) is 1.48. The van der Waals surface area contributed by atoms with E-state index in [0.29, 0.717) is 0 Å². The molecule has 0 atom stereocenters. The number of fused-ring (bicyclic) bond motifs is 1. The van der Waals surface area contributed by atoms with Crippen molar-refractivity contribution in [2.24, 2.45) is 22.2 Å². The highest BCUT2D eigenvalue weighted by Crippen LogP contribution is 2.16. The van der Waals surface area contributed by atoms with E-state index in [1.807, 2.05) is 30.3 Å². The molecule has 6 nitrogen and oxygen atoms in total. The number of benzene rings is 1. The minimum absolute atomic E-state index is 0. The quantitative estimate of drug-likeness (QED) is 0.361. The maximum Gasteiger partial charge on any atom is 0.195 e. The van der Waals surface area contributed by atoms with Gasteiger partial charge in [0, 0.05) is 17.3 Å². The second kappa shape index (κ2) is 6.15. The van der Waals surface area contributed by atoms with Gasteiger partial charge in [-0.05, 0) is 18.2 Å². The summed E-state index contributed by atoms with van der Waals surface area (Å²) in [6.07, 6.45) is 0.917. The zero-order chi connectivity index (χ0) is 12.3. The van der Waals surface area contributed by atoms with E-state index in [4.69, 9.17) is 17.2 Å². The number of guanidine groups is 1. The Kier molecular flexibility index (Phi) is 4.85. The van der Waals surface area contributed by atoms with Gasteiger partial charge in [-0.25, -0.2) is 4.99 Å². The molecule has 0 saturated heterocycles. The summed E-state index contributed by atoms with van der Waals surface area (Å²) < 4.78 is 0.